The molecule has 2 aliphatic rings. The van der Waals surface area contributed by atoms with Crippen LogP contribution in [0.4, 0.5) is 0 Å². The zero-order chi connectivity index (χ0) is 13.9. The van der Waals surface area contributed by atoms with Gasteiger partial charge in [0.05, 0.1) is 0 Å². The summed E-state index contributed by atoms with van der Waals surface area (Å²) in [7, 11) is 0. The number of carboxylic acid groups (broad SMARTS) is 1. The lowest BCUT2D eigenvalue weighted by Gasteiger charge is -2.22. The lowest BCUT2D eigenvalue weighted by Crippen LogP contribution is -2.39. The van der Waals surface area contributed by atoms with Crippen LogP contribution in [0, 0.1) is 11.8 Å². The van der Waals surface area contributed by atoms with E-state index in [1.54, 1.807) is 0 Å². The minimum atomic E-state index is -0.646. The molecule has 1 heterocycles. The standard InChI is InChI=1S/C17H21NO2/c19-17(20)16-15-10-4-9-14(15)12-18(16)11-5-8-13-6-2-1-3-7-13/h1-3,5-8,14-16H,4,9-12H2,(H,19,20)/b8-5+. The summed E-state index contributed by atoms with van der Waals surface area (Å²) in [5.74, 6) is 0.325. The molecule has 0 amide bonds. The summed E-state index contributed by atoms with van der Waals surface area (Å²) >= 11 is 0. The van der Waals surface area contributed by atoms with Crippen molar-refractivity contribution in [3.63, 3.8) is 0 Å². The van der Waals surface area contributed by atoms with Crippen molar-refractivity contribution in [3.05, 3.63) is 42.0 Å². The fraction of sp³-hybridized carbons (Fsp3) is 0.471. The van der Waals surface area contributed by atoms with Crippen molar-refractivity contribution in [3.8, 4) is 0 Å². The second kappa shape index (κ2) is 5.80. The van der Waals surface area contributed by atoms with Gasteiger partial charge in [-0.1, -0.05) is 48.9 Å². The number of hydrogen-bond donors (Lipinski definition) is 1. The van der Waals surface area contributed by atoms with Gasteiger partial charge < -0.3 is 5.11 Å². The van der Waals surface area contributed by atoms with E-state index in [0.717, 1.165) is 19.5 Å². The Bertz CT molecular complexity index is 497. The summed E-state index contributed by atoms with van der Waals surface area (Å²) in [5.41, 5.74) is 1.17. The molecule has 0 radical (unpaired) electrons. The average Bonchev–Trinajstić information content (AvgIpc) is 2.99. The van der Waals surface area contributed by atoms with Crippen molar-refractivity contribution in [2.24, 2.45) is 11.8 Å². The van der Waals surface area contributed by atoms with Crippen LogP contribution in [0.3, 0.4) is 0 Å². The highest BCUT2D eigenvalue weighted by molar-refractivity contribution is 5.74. The van der Waals surface area contributed by atoms with Gasteiger partial charge in [0.25, 0.3) is 0 Å². The quantitative estimate of drug-likeness (QED) is 0.915. The maximum absolute atomic E-state index is 11.5. The molecule has 1 N–H and O–H groups in total. The molecule has 1 saturated heterocycles. The van der Waals surface area contributed by atoms with E-state index in [0.29, 0.717) is 11.8 Å². The Balaban J connectivity index is 1.65. The van der Waals surface area contributed by atoms with Gasteiger partial charge in [-0.2, -0.15) is 0 Å². The van der Waals surface area contributed by atoms with Crippen LogP contribution in [-0.4, -0.2) is 35.1 Å². The molecule has 1 aromatic rings. The maximum Gasteiger partial charge on any atom is 0.321 e. The number of carboxylic acids is 1. The molecule has 0 bridgehead atoms. The van der Waals surface area contributed by atoms with Crippen molar-refractivity contribution in [1.29, 1.82) is 0 Å². The number of aliphatic carboxylic acids is 1. The van der Waals surface area contributed by atoms with Gasteiger partial charge in [0.1, 0.15) is 6.04 Å². The third-order valence-corrected chi connectivity index (χ3v) is 4.69. The SMILES string of the molecule is O=C(O)C1C2CCCC2CN1C/C=C/c1ccccc1. The van der Waals surface area contributed by atoms with Gasteiger partial charge in [-0.05, 0) is 30.2 Å². The van der Waals surface area contributed by atoms with Gasteiger partial charge >= 0.3 is 5.97 Å². The van der Waals surface area contributed by atoms with Crippen molar-refractivity contribution in [2.75, 3.05) is 13.1 Å². The molecule has 3 heteroatoms. The van der Waals surface area contributed by atoms with E-state index in [9.17, 15) is 9.90 Å². The summed E-state index contributed by atoms with van der Waals surface area (Å²) in [6.45, 7) is 1.68. The largest absolute Gasteiger partial charge is 0.480 e. The second-order valence-electron chi connectivity index (χ2n) is 5.90. The molecule has 0 spiro atoms. The third kappa shape index (κ3) is 2.63. The average molecular weight is 271 g/mol. The molecule has 3 atom stereocenters. The summed E-state index contributed by atoms with van der Waals surface area (Å²) in [6.07, 6.45) is 7.65. The minimum absolute atomic E-state index is 0.275. The van der Waals surface area contributed by atoms with Gasteiger partial charge in [0.2, 0.25) is 0 Å². The van der Waals surface area contributed by atoms with E-state index in [4.69, 9.17) is 0 Å². The second-order valence-corrected chi connectivity index (χ2v) is 5.90. The summed E-state index contributed by atoms with van der Waals surface area (Å²) in [4.78, 5) is 13.7. The molecule has 1 aromatic carbocycles. The maximum atomic E-state index is 11.5. The first-order valence-electron chi connectivity index (χ1n) is 7.44. The van der Waals surface area contributed by atoms with Crippen LogP contribution in [0.1, 0.15) is 24.8 Å². The summed E-state index contributed by atoms with van der Waals surface area (Å²) < 4.78 is 0. The molecule has 1 aliphatic carbocycles. The Morgan fingerprint density at radius 2 is 2.10 bits per heavy atom. The minimum Gasteiger partial charge on any atom is -0.480 e. The van der Waals surface area contributed by atoms with E-state index in [2.05, 4.69) is 29.2 Å². The van der Waals surface area contributed by atoms with Crippen LogP contribution in [0.5, 0.6) is 0 Å². The third-order valence-electron chi connectivity index (χ3n) is 4.69. The van der Waals surface area contributed by atoms with Crippen LogP contribution >= 0.6 is 0 Å². The number of likely N-dealkylation sites (tertiary alicyclic amines) is 1. The molecule has 2 fully saturated rings. The number of fused-ring (bicyclic) bond motifs is 1. The van der Waals surface area contributed by atoms with Crippen LogP contribution in [-0.2, 0) is 4.79 Å². The normalized spacial score (nSPS) is 29.9. The molecule has 1 aliphatic heterocycles. The van der Waals surface area contributed by atoms with Crippen LogP contribution in [0.2, 0.25) is 0 Å². The van der Waals surface area contributed by atoms with Crippen molar-refractivity contribution < 1.29 is 9.90 Å². The predicted octanol–water partition coefficient (Wildman–Crippen LogP) is 2.88. The van der Waals surface area contributed by atoms with Gasteiger partial charge in [0.15, 0.2) is 0 Å². The van der Waals surface area contributed by atoms with E-state index in [-0.39, 0.29) is 6.04 Å². The van der Waals surface area contributed by atoms with Crippen molar-refractivity contribution in [2.45, 2.75) is 25.3 Å². The van der Waals surface area contributed by atoms with Crippen LogP contribution in [0.15, 0.2) is 36.4 Å². The number of carbonyl (C=O) groups is 1. The first-order valence-corrected chi connectivity index (χ1v) is 7.44. The van der Waals surface area contributed by atoms with E-state index >= 15 is 0 Å². The molecule has 3 nitrogen and oxygen atoms in total. The molecule has 106 valence electrons. The molecular weight excluding hydrogens is 250 g/mol. The molecule has 0 aromatic heterocycles. The zero-order valence-electron chi connectivity index (χ0n) is 11.6. The van der Waals surface area contributed by atoms with E-state index in [1.807, 2.05) is 18.2 Å². The fourth-order valence-corrected chi connectivity index (χ4v) is 3.81. The monoisotopic (exact) mass is 271 g/mol. The number of nitrogens with zero attached hydrogens (tertiary/aromatic N) is 1. The summed E-state index contributed by atoms with van der Waals surface area (Å²) in [5, 5.41) is 9.48. The van der Waals surface area contributed by atoms with Gasteiger partial charge in [0, 0.05) is 13.1 Å². The van der Waals surface area contributed by atoms with Crippen LogP contribution < -0.4 is 0 Å². The van der Waals surface area contributed by atoms with Crippen molar-refractivity contribution >= 4 is 12.0 Å². The Hall–Kier alpha value is -1.61. The first kappa shape index (κ1) is 13.4. The van der Waals surface area contributed by atoms with E-state index < -0.39 is 5.97 Å². The molecule has 3 unspecified atom stereocenters. The number of rotatable bonds is 4. The van der Waals surface area contributed by atoms with Gasteiger partial charge in [-0.15, -0.1) is 0 Å². The highest BCUT2D eigenvalue weighted by Crippen LogP contribution is 2.42. The summed E-state index contributed by atoms with van der Waals surface area (Å²) in [6, 6.07) is 9.87. The molecular formula is C17H21NO2. The van der Waals surface area contributed by atoms with Crippen molar-refractivity contribution in [1.82, 2.24) is 4.90 Å². The zero-order valence-corrected chi connectivity index (χ0v) is 11.6. The van der Waals surface area contributed by atoms with E-state index in [1.165, 1.54) is 18.4 Å². The predicted molar refractivity (Wildman–Crippen MR) is 79.3 cm³/mol. The molecule has 20 heavy (non-hydrogen) atoms. The Kier molecular flexibility index (Phi) is 3.88. The number of hydrogen-bond acceptors (Lipinski definition) is 2. The smallest absolute Gasteiger partial charge is 0.321 e. The molecule has 3 rings (SSSR count). The van der Waals surface area contributed by atoms with Gasteiger partial charge in [-0.25, -0.2) is 0 Å². The Morgan fingerprint density at radius 1 is 1.30 bits per heavy atom. The lowest BCUT2D eigenvalue weighted by atomic mass is 9.94. The highest BCUT2D eigenvalue weighted by Gasteiger charge is 2.47. The Labute approximate surface area is 119 Å². The van der Waals surface area contributed by atoms with Gasteiger partial charge in [-0.3, -0.25) is 9.69 Å². The topological polar surface area (TPSA) is 40.5 Å². The Morgan fingerprint density at radius 3 is 2.85 bits per heavy atom. The highest BCUT2D eigenvalue weighted by atomic mass is 16.4. The lowest BCUT2D eigenvalue weighted by molar-refractivity contribution is -0.143. The first-order chi connectivity index (χ1) is 9.75. The molecule has 1 saturated carbocycles. The number of benzene rings is 1. The van der Waals surface area contributed by atoms with Crippen LogP contribution in [0.25, 0.3) is 6.08 Å². The fourth-order valence-electron chi connectivity index (χ4n) is 3.81.